The van der Waals surface area contributed by atoms with Crippen molar-refractivity contribution in [3.8, 4) is 0 Å². The molecule has 1 atom stereocenters. The van der Waals surface area contributed by atoms with E-state index < -0.39 is 0 Å². The fourth-order valence-corrected chi connectivity index (χ4v) is 1.62. The van der Waals surface area contributed by atoms with Crippen molar-refractivity contribution in [2.75, 3.05) is 26.7 Å². The zero-order valence-corrected chi connectivity index (χ0v) is 9.28. The Morgan fingerprint density at radius 3 is 3.00 bits per heavy atom. The van der Waals surface area contributed by atoms with Crippen LogP contribution in [0.3, 0.4) is 0 Å². The van der Waals surface area contributed by atoms with E-state index in [2.05, 4.69) is 5.32 Å². The maximum atomic E-state index is 11.2. The van der Waals surface area contributed by atoms with Crippen LogP contribution < -0.4 is 5.32 Å². The molecule has 0 radical (unpaired) electrons. The fourth-order valence-electron chi connectivity index (χ4n) is 1.62. The first-order valence-corrected chi connectivity index (χ1v) is 5.26. The normalized spacial score (nSPS) is 21.6. The molecule has 1 heterocycles. The Morgan fingerprint density at radius 2 is 2.40 bits per heavy atom. The predicted octanol–water partition coefficient (Wildman–Crippen LogP) is -0.240. The van der Waals surface area contributed by atoms with E-state index in [1.807, 2.05) is 0 Å². The van der Waals surface area contributed by atoms with Gasteiger partial charge in [-0.1, -0.05) is 0 Å². The summed E-state index contributed by atoms with van der Waals surface area (Å²) in [5, 5.41) is 3.09. The van der Waals surface area contributed by atoms with Gasteiger partial charge in [-0.2, -0.15) is 0 Å². The number of nitrogens with one attached hydrogen (secondary N) is 1. The molecule has 1 fully saturated rings. The lowest BCUT2D eigenvalue weighted by Crippen LogP contribution is -2.47. The second-order valence-corrected chi connectivity index (χ2v) is 3.70. The number of hydrogen-bond acceptors (Lipinski definition) is 4. The summed E-state index contributed by atoms with van der Waals surface area (Å²) in [4.78, 5) is 23.9. The quantitative estimate of drug-likeness (QED) is 0.656. The van der Waals surface area contributed by atoms with Gasteiger partial charge in [0.2, 0.25) is 5.91 Å². The molecule has 1 amide bonds. The van der Waals surface area contributed by atoms with Crippen LogP contribution in [0, 0.1) is 0 Å². The Hall–Kier alpha value is -1.10. The molecule has 1 rings (SSSR count). The highest BCUT2D eigenvalue weighted by atomic mass is 16.5. The first-order valence-electron chi connectivity index (χ1n) is 5.26. The number of likely N-dealkylation sites (tertiary alicyclic amines) is 1. The first kappa shape index (κ1) is 12.0. The number of carbonyl (C=O) groups is 2. The smallest absolute Gasteiger partial charge is 0.319 e. The van der Waals surface area contributed by atoms with Crippen molar-refractivity contribution >= 4 is 11.9 Å². The first-order chi connectivity index (χ1) is 7.13. The Bertz CT molecular complexity index is 243. The molecular weight excluding hydrogens is 196 g/mol. The Labute approximate surface area is 89.8 Å². The van der Waals surface area contributed by atoms with Gasteiger partial charge in [-0.05, 0) is 13.3 Å². The summed E-state index contributed by atoms with van der Waals surface area (Å²) in [6.07, 6.45) is 1.35. The van der Waals surface area contributed by atoms with Crippen LogP contribution >= 0.6 is 0 Å². The molecule has 15 heavy (non-hydrogen) atoms. The summed E-state index contributed by atoms with van der Waals surface area (Å²) in [6.45, 7) is 3.08. The van der Waals surface area contributed by atoms with Crippen LogP contribution in [0.15, 0.2) is 0 Å². The van der Waals surface area contributed by atoms with Gasteiger partial charge in [-0.15, -0.1) is 0 Å². The topological polar surface area (TPSA) is 58.6 Å². The molecule has 1 saturated heterocycles. The lowest BCUT2D eigenvalue weighted by Gasteiger charge is -2.29. The molecule has 1 aliphatic heterocycles. The van der Waals surface area contributed by atoms with E-state index in [-0.39, 0.29) is 24.5 Å². The highest BCUT2D eigenvalue weighted by Crippen LogP contribution is 2.09. The third kappa shape index (κ3) is 3.87. The minimum Gasteiger partial charge on any atom is -0.465 e. The maximum Gasteiger partial charge on any atom is 0.319 e. The van der Waals surface area contributed by atoms with Crippen LogP contribution in [0.2, 0.25) is 0 Å². The molecule has 86 valence electrons. The Morgan fingerprint density at radius 1 is 1.67 bits per heavy atom. The molecule has 5 heteroatoms. The van der Waals surface area contributed by atoms with Gasteiger partial charge in [0.05, 0.1) is 13.2 Å². The lowest BCUT2D eigenvalue weighted by atomic mass is 10.1. The highest BCUT2D eigenvalue weighted by Gasteiger charge is 2.22. The summed E-state index contributed by atoms with van der Waals surface area (Å²) in [7, 11) is 1.78. The lowest BCUT2D eigenvalue weighted by molar-refractivity contribution is -0.142. The van der Waals surface area contributed by atoms with Gasteiger partial charge in [-0.3, -0.25) is 9.59 Å². The van der Waals surface area contributed by atoms with Crippen LogP contribution in [0.25, 0.3) is 0 Å². The largest absolute Gasteiger partial charge is 0.465 e. The minimum atomic E-state index is -0.239. The van der Waals surface area contributed by atoms with Crippen LogP contribution in [0.1, 0.15) is 19.8 Å². The number of piperidine rings is 1. The van der Waals surface area contributed by atoms with Gasteiger partial charge < -0.3 is 15.0 Å². The molecule has 0 spiro atoms. The van der Waals surface area contributed by atoms with Crippen molar-refractivity contribution < 1.29 is 14.3 Å². The van der Waals surface area contributed by atoms with Crippen molar-refractivity contribution in [3.63, 3.8) is 0 Å². The number of ether oxygens (including phenoxy) is 1. The number of rotatable bonds is 4. The van der Waals surface area contributed by atoms with Crippen molar-refractivity contribution in [2.45, 2.75) is 25.8 Å². The SMILES string of the molecule is CCOC(=O)CNC1CCC(=O)N(C)C1. The number of carbonyl (C=O) groups excluding carboxylic acids is 2. The third-order valence-electron chi connectivity index (χ3n) is 2.47. The average molecular weight is 214 g/mol. The molecule has 0 bridgehead atoms. The zero-order chi connectivity index (χ0) is 11.3. The molecule has 5 nitrogen and oxygen atoms in total. The average Bonchev–Trinajstić information content (AvgIpc) is 2.20. The van der Waals surface area contributed by atoms with Gasteiger partial charge >= 0.3 is 5.97 Å². The number of nitrogens with zero attached hydrogens (tertiary/aromatic N) is 1. The van der Waals surface area contributed by atoms with Crippen molar-refractivity contribution in [1.29, 1.82) is 0 Å². The van der Waals surface area contributed by atoms with Crippen LogP contribution in [-0.4, -0.2) is 49.6 Å². The van der Waals surface area contributed by atoms with Gasteiger partial charge in [0.1, 0.15) is 0 Å². The Balaban J connectivity index is 2.22. The van der Waals surface area contributed by atoms with E-state index in [1.54, 1.807) is 18.9 Å². The van der Waals surface area contributed by atoms with Crippen LogP contribution in [0.4, 0.5) is 0 Å². The van der Waals surface area contributed by atoms with Crippen LogP contribution in [-0.2, 0) is 14.3 Å². The number of likely N-dealkylation sites (N-methyl/N-ethyl adjacent to an activating group) is 1. The molecule has 1 N–H and O–H groups in total. The van der Waals surface area contributed by atoms with E-state index in [1.165, 1.54) is 0 Å². The third-order valence-corrected chi connectivity index (χ3v) is 2.47. The summed E-state index contributed by atoms with van der Waals surface area (Å²) in [5.74, 6) is -0.0683. The molecule has 0 aromatic heterocycles. The number of hydrogen-bond donors (Lipinski definition) is 1. The second kappa shape index (κ2) is 5.70. The molecule has 0 aliphatic carbocycles. The molecule has 0 aromatic carbocycles. The van der Waals surface area contributed by atoms with Crippen molar-refractivity contribution in [1.82, 2.24) is 10.2 Å². The van der Waals surface area contributed by atoms with E-state index in [9.17, 15) is 9.59 Å². The molecular formula is C10H18N2O3. The van der Waals surface area contributed by atoms with E-state index in [0.717, 1.165) is 6.42 Å². The Kier molecular flexibility index (Phi) is 4.55. The van der Waals surface area contributed by atoms with Gasteiger partial charge in [0.15, 0.2) is 0 Å². The molecule has 1 unspecified atom stereocenters. The molecule has 0 saturated carbocycles. The van der Waals surface area contributed by atoms with E-state index in [4.69, 9.17) is 4.74 Å². The van der Waals surface area contributed by atoms with Gasteiger partial charge in [0, 0.05) is 26.1 Å². The summed E-state index contributed by atoms with van der Waals surface area (Å²) >= 11 is 0. The minimum absolute atomic E-state index is 0.171. The number of amides is 1. The fraction of sp³-hybridized carbons (Fsp3) is 0.800. The standard InChI is InChI=1S/C10H18N2O3/c1-3-15-10(14)6-11-8-4-5-9(13)12(2)7-8/h8,11H,3-7H2,1-2H3. The number of esters is 1. The summed E-state index contributed by atoms with van der Waals surface area (Å²) in [6, 6.07) is 0.206. The van der Waals surface area contributed by atoms with E-state index >= 15 is 0 Å². The monoisotopic (exact) mass is 214 g/mol. The van der Waals surface area contributed by atoms with Gasteiger partial charge in [-0.25, -0.2) is 0 Å². The van der Waals surface area contributed by atoms with E-state index in [0.29, 0.717) is 19.6 Å². The summed E-state index contributed by atoms with van der Waals surface area (Å²) in [5.41, 5.74) is 0. The highest BCUT2D eigenvalue weighted by molar-refractivity contribution is 5.77. The molecule has 1 aliphatic rings. The maximum absolute atomic E-state index is 11.2. The second-order valence-electron chi connectivity index (χ2n) is 3.70. The van der Waals surface area contributed by atoms with Gasteiger partial charge in [0.25, 0.3) is 0 Å². The predicted molar refractivity (Wildman–Crippen MR) is 55.3 cm³/mol. The molecule has 0 aromatic rings. The van der Waals surface area contributed by atoms with Crippen LogP contribution in [0.5, 0.6) is 0 Å². The summed E-state index contributed by atoms with van der Waals surface area (Å²) < 4.78 is 4.80. The zero-order valence-electron chi connectivity index (χ0n) is 9.28. The van der Waals surface area contributed by atoms with Crippen molar-refractivity contribution in [2.24, 2.45) is 0 Å². The van der Waals surface area contributed by atoms with Crippen molar-refractivity contribution in [3.05, 3.63) is 0 Å².